The third-order valence-corrected chi connectivity index (χ3v) is 4.00. The van der Waals surface area contributed by atoms with E-state index in [0.29, 0.717) is 5.69 Å². The van der Waals surface area contributed by atoms with Gasteiger partial charge in [-0.15, -0.1) is 0 Å². The van der Waals surface area contributed by atoms with Crippen LogP contribution in [0.2, 0.25) is 0 Å². The van der Waals surface area contributed by atoms with Crippen LogP contribution in [0.25, 0.3) is 11.1 Å². The fourth-order valence-corrected chi connectivity index (χ4v) is 2.68. The Morgan fingerprint density at radius 1 is 1.15 bits per heavy atom. The Hall–Kier alpha value is -3.35. The van der Waals surface area contributed by atoms with Crippen LogP contribution in [0.5, 0.6) is 5.75 Å². The van der Waals surface area contributed by atoms with E-state index in [9.17, 15) is 9.18 Å². The van der Waals surface area contributed by atoms with Crippen molar-refractivity contribution in [3.05, 3.63) is 60.5 Å². The second-order valence-corrected chi connectivity index (χ2v) is 6.24. The topological polar surface area (TPSA) is 59.4 Å². The average Bonchev–Trinajstić information content (AvgIpc) is 3.07. The van der Waals surface area contributed by atoms with Crippen molar-refractivity contribution in [1.29, 1.82) is 0 Å². The Kier molecular flexibility index (Phi) is 5.40. The summed E-state index contributed by atoms with van der Waals surface area (Å²) in [6.07, 6.45) is 1.83. The second kappa shape index (κ2) is 7.90. The number of amides is 1. The van der Waals surface area contributed by atoms with Crippen LogP contribution >= 0.6 is 0 Å². The van der Waals surface area contributed by atoms with Gasteiger partial charge in [-0.3, -0.25) is 9.48 Å². The van der Waals surface area contributed by atoms with Crippen LogP contribution in [0.4, 0.5) is 15.9 Å². The van der Waals surface area contributed by atoms with E-state index in [1.165, 1.54) is 24.3 Å². The highest BCUT2D eigenvalue weighted by Gasteiger charge is 2.15. The molecule has 0 radical (unpaired) electrons. The lowest BCUT2D eigenvalue weighted by atomic mass is 10.1. The zero-order chi connectivity index (χ0) is 19.4. The maximum atomic E-state index is 13.0. The van der Waals surface area contributed by atoms with E-state index in [2.05, 4.69) is 10.4 Å². The Bertz CT molecular complexity index is 918. The predicted octanol–water partition coefficient (Wildman–Crippen LogP) is 3.40. The molecule has 2 aromatic carbocycles. The first-order valence-corrected chi connectivity index (χ1v) is 8.41. The number of halogens is 1. The SMILES string of the molecule is COc1ccc(-c2cn(CC(=O)Nc3ccc(F)cc3)nc2N(C)C)cc1. The molecule has 1 amide bonds. The molecular weight excluding hydrogens is 347 g/mol. The fourth-order valence-electron chi connectivity index (χ4n) is 2.68. The Morgan fingerprint density at radius 2 is 1.81 bits per heavy atom. The average molecular weight is 368 g/mol. The number of methoxy groups -OCH3 is 1. The molecule has 6 nitrogen and oxygen atoms in total. The zero-order valence-corrected chi connectivity index (χ0v) is 15.4. The van der Waals surface area contributed by atoms with Gasteiger partial charge in [0.1, 0.15) is 18.1 Å². The molecule has 0 saturated heterocycles. The number of anilines is 2. The number of carbonyl (C=O) groups excluding carboxylic acids is 1. The molecule has 0 saturated carbocycles. The molecule has 1 aromatic heterocycles. The summed E-state index contributed by atoms with van der Waals surface area (Å²) >= 11 is 0. The van der Waals surface area contributed by atoms with Crippen LogP contribution in [0, 0.1) is 5.82 Å². The van der Waals surface area contributed by atoms with Crippen molar-refractivity contribution in [3.8, 4) is 16.9 Å². The molecule has 0 aliphatic heterocycles. The molecule has 0 aliphatic carbocycles. The van der Waals surface area contributed by atoms with Crippen molar-refractivity contribution in [2.45, 2.75) is 6.54 Å². The Morgan fingerprint density at radius 3 is 2.41 bits per heavy atom. The van der Waals surface area contributed by atoms with Crippen LogP contribution in [-0.2, 0) is 11.3 Å². The number of nitrogens with one attached hydrogen (secondary N) is 1. The molecule has 7 heteroatoms. The van der Waals surface area contributed by atoms with Gasteiger partial charge < -0.3 is 15.0 Å². The van der Waals surface area contributed by atoms with Gasteiger partial charge in [0, 0.05) is 31.5 Å². The van der Waals surface area contributed by atoms with Gasteiger partial charge in [-0.25, -0.2) is 4.39 Å². The lowest BCUT2D eigenvalue weighted by Crippen LogP contribution is -2.19. The summed E-state index contributed by atoms with van der Waals surface area (Å²) in [5.74, 6) is 0.946. The van der Waals surface area contributed by atoms with Crippen molar-refractivity contribution < 1.29 is 13.9 Å². The third kappa shape index (κ3) is 4.44. The smallest absolute Gasteiger partial charge is 0.246 e. The molecule has 1 heterocycles. The van der Waals surface area contributed by atoms with Crippen LogP contribution in [0.15, 0.2) is 54.7 Å². The van der Waals surface area contributed by atoms with Crippen molar-refractivity contribution in [3.63, 3.8) is 0 Å². The highest BCUT2D eigenvalue weighted by atomic mass is 19.1. The highest BCUT2D eigenvalue weighted by molar-refractivity contribution is 5.90. The van der Waals surface area contributed by atoms with E-state index in [1.807, 2.05) is 49.5 Å². The Balaban J connectivity index is 1.79. The number of nitrogens with zero attached hydrogens (tertiary/aromatic N) is 3. The van der Waals surface area contributed by atoms with E-state index >= 15 is 0 Å². The van der Waals surface area contributed by atoms with Gasteiger partial charge in [0.2, 0.25) is 5.91 Å². The standard InChI is InChI=1S/C20H21FN4O2/c1-24(2)20-18(14-4-10-17(27-3)11-5-14)12-25(23-20)13-19(26)22-16-8-6-15(21)7-9-16/h4-12H,13H2,1-3H3,(H,22,26). The molecule has 0 fully saturated rings. The first kappa shape index (κ1) is 18.4. The monoisotopic (exact) mass is 368 g/mol. The lowest BCUT2D eigenvalue weighted by Gasteiger charge is -2.11. The van der Waals surface area contributed by atoms with E-state index in [-0.39, 0.29) is 18.3 Å². The van der Waals surface area contributed by atoms with Crippen molar-refractivity contribution in [2.24, 2.45) is 0 Å². The molecule has 0 aliphatic rings. The van der Waals surface area contributed by atoms with Gasteiger partial charge in [0.05, 0.1) is 7.11 Å². The zero-order valence-electron chi connectivity index (χ0n) is 15.4. The van der Waals surface area contributed by atoms with Crippen LogP contribution < -0.4 is 15.0 Å². The van der Waals surface area contributed by atoms with Gasteiger partial charge in [0.15, 0.2) is 5.82 Å². The normalized spacial score (nSPS) is 10.5. The first-order valence-electron chi connectivity index (χ1n) is 8.41. The fraction of sp³-hybridized carbons (Fsp3) is 0.200. The summed E-state index contributed by atoms with van der Waals surface area (Å²) in [7, 11) is 5.43. The van der Waals surface area contributed by atoms with Crippen LogP contribution in [-0.4, -0.2) is 36.9 Å². The van der Waals surface area contributed by atoms with Crippen molar-refractivity contribution >= 4 is 17.4 Å². The van der Waals surface area contributed by atoms with Gasteiger partial charge in [-0.2, -0.15) is 5.10 Å². The minimum Gasteiger partial charge on any atom is -0.497 e. The first-order chi connectivity index (χ1) is 13.0. The summed E-state index contributed by atoms with van der Waals surface area (Å²) in [6, 6.07) is 13.3. The van der Waals surface area contributed by atoms with E-state index in [1.54, 1.807) is 11.8 Å². The number of hydrogen-bond donors (Lipinski definition) is 1. The maximum absolute atomic E-state index is 13.0. The minimum atomic E-state index is -0.347. The van der Waals surface area contributed by atoms with Crippen molar-refractivity contribution in [1.82, 2.24) is 9.78 Å². The molecule has 3 aromatic rings. The molecule has 0 unspecified atom stereocenters. The maximum Gasteiger partial charge on any atom is 0.246 e. The second-order valence-electron chi connectivity index (χ2n) is 6.24. The van der Waals surface area contributed by atoms with Gasteiger partial charge >= 0.3 is 0 Å². The van der Waals surface area contributed by atoms with E-state index in [0.717, 1.165) is 22.7 Å². The number of rotatable bonds is 6. The number of aromatic nitrogens is 2. The summed E-state index contributed by atoms with van der Waals surface area (Å²) in [4.78, 5) is 14.2. The minimum absolute atomic E-state index is 0.0500. The summed E-state index contributed by atoms with van der Waals surface area (Å²) in [5, 5.41) is 7.25. The molecule has 3 rings (SSSR count). The highest BCUT2D eigenvalue weighted by Crippen LogP contribution is 2.30. The van der Waals surface area contributed by atoms with E-state index < -0.39 is 0 Å². The molecular formula is C20H21FN4O2. The summed E-state index contributed by atoms with van der Waals surface area (Å²) in [5.41, 5.74) is 2.43. The van der Waals surface area contributed by atoms with Gasteiger partial charge in [-0.1, -0.05) is 12.1 Å². The van der Waals surface area contributed by atoms with Gasteiger partial charge in [0.25, 0.3) is 0 Å². The predicted molar refractivity (Wildman–Crippen MR) is 104 cm³/mol. The number of benzene rings is 2. The summed E-state index contributed by atoms with van der Waals surface area (Å²) in [6.45, 7) is 0.0500. The number of carbonyl (C=O) groups is 1. The molecule has 27 heavy (non-hydrogen) atoms. The molecule has 0 spiro atoms. The number of hydrogen-bond acceptors (Lipinski definition) is 4. The molecule has 140 valence electrons. The van der Waals surface area contributed by atoms with E-state index in [4.69, 9.17) is 4.74 Å². The van der Waals surface area contributed by atoms with Gasteiger partial charge in [-0.05, 0) is 42.0 Å². The summed E-state index contributed by atoms with van der Waals surface area (Å²) < 4.78 is 19.8. The quantitative estimate of drug-likeness (QED) is 0.724. The molecule has 0 atom stereocenters. The lowest BCUT2D eigenvalue weighted by molar-refractivity contribution is -0.116. The largest absolute Gasteiger partial charge is 0.497 e. The van der Waals surface area contributed by atoms with Crippen molar-refractivity contribution in [2.75, 3.05) is 31.4 Å². The van der Waals surface area contributed by atoms with Crippen LogP contribution in [0.1, 0.15) is 0 Å². The molecule has 0 bridgehead atoms. The Labute approximate surface area is 157 Å². The number of ether oxygens (including phenoxy) is 1. The molecule has 1 N–H and O–H groups in total. The third-order valence-electron chi connectivity index (χ3n) is 4.00. The van der Waals surface area contributed by atoms with Crippen LogP contribution in [0.3, 0.4) is 0 Å².